The number of anilines is 2. The third-order valence-corrected chi connectivity index (χ3v) is 9.01. The number of piperidine rings is 1. The molecule has 0 aliphatic carbocycles. The number of ether oxygens (including phenoxy) is 2. The second kappa shape index (κ2) is 12.7. The molecule has 2 bridgehead atoms. The Morgan fingerprint density at radius 3 is 2.26 bits per heavy atom. The summed E-state index contributed by atoms with van der Waals surface area (Å²) in [4.78, 5) is 25.6. The summed E-state index contributed by atoms with van der Waals surface area (Å²) in [5, 5.41) is 15.1. The van der Waals surface area contributed by atoms with Crippen LogP contribution in [0.1, 0.15) is 36.8 Å². The van der Waals surface area contributed by atoms with Gasteiger partial charge in [0.2, 0.25) is 5.91 Å². The quantitative estimate of drug-likeness (QED) is 0.183. The number of hydrogen-bond donors (Lipinski definition) is 3. The number of aliphatic hydroxyl groups excluding tert-OH is 1. The van der Waals surface area contributed by atoms with Gasteiger partial charge in [0.25, 0.3) is 0 Å². The van der Waals surface area contributed by atoms with Crippen LogP contribution in [0, 0.1) is 0 Å². The van der Waals surface area contributed by atoms with E-state index in [4.69, 9.17) is 9.47 Å². The molecule has 3 heterocycles. The summed E-state index contributed by atoms with van der Waals surface area (Å²) < 4.78 is 12.8. The molecule has 8 nitrogen and oxygen atoms in total. The van der Waals surface area contributed by atoms with Gasteiger partial charge in [0.05, 0.1) is 26.4 Å². The van der Waals surface area contributed by atoms with E-state index in [1.807, 2.05) is 42.5 Å². The first-order chi connectivity index (χ1) is 19.8. The molecule has 3 N–H and O–H groups in total. The number of amides is 2. The Bertz CT molecular complexity index is 1390. The van der Waals surface area contributed by atoms with Crippen LogP contribution in [0.2, 0.25) is 0 Å². The van der Waals surface area contributed by atoms with E-state index in [1.165, 1.54) is 0 Å². The normalized spacial score (nSPS) is 24.6. The molecule has 9 heteroatoms. The molecule has 0 saturated carbocycles. The molecule has 1 unspecified atom stereocenters. The van der Waals surface area contributed by atoms with Crippen molar-refractivity contribution in [3.8, 4) is 11.1 Å². The fourth-order valence-corrected chi connectivity index (χ4v) is 6.68. The van der Waals surface area contributed by atoms with Crippen molar-refractivity contribution in [1.82, 2.24) is 0 Å². The molecule has 3 aliphatic heterocycles. The number of likely N-dealkylation sites (N-methyl/N-ethyl adjacent to an activating group) is 1. The van der Waals surface area contributed by atoms with Crippen molar-refractivity contribution in [2.75, 3.05) is 24.7 Å². The maximum absolute atomic E-state index is 13.1. The van der Waals surface area contributed by atoms with E-state index in [1.54, 1.807) is 24.3 Å². The molecule has 3 fully saturated rings. The molecule has 222 valence electrons. The van der Waals surface area contributed by atoms with E-state index in [2.05, 4.69) is 30.8 Å². The van der Waals surface area contributed by atoms with Crippen molar-refractivity contribution >= 4 is 23.4 Å². The zero-order valence-corrected chi connectivity index (χ0v) is 26.1. The molecular formula is C33H38IN3O5. The van der Waals surface area contributed by atoms with Crippen LogP contribution in [0.3, 0.4) is 0 Å². The lowest BCUT2D eigenvalue weighted by atomic mass is 9.96. The molecular weight excluding hydrogens is 645 g/mol. The minimum Gasteiger partial charge on any atom is -1.00 e. The largest absolute Gasteiger partial charge is 1.00 e. The summed E-state index contributed by atoms with van der Waals surface area (Å²) in [6.45, 7) is -0.0264. The Kier molecular flexibility index (Phi) is 9.22. The predicted molar refractivity (Wildman–Crippen MR) is 157 cm³/mol. The van der Waals surface area contributed by atoms with E-state index in [-0.39, 0.29) is 42.6 Å². The van der Waals surface area contributed by atoms with Gasteiger partial charge >= 0.3 is 6.09 Å². The zero-order chi connectivity index (χ0) is 28.6. The Morgan fingerprint density at radius 2 is 1.60 bits per heavy atom. The van der Waals surface area contributed by atoms with Crippen LogP contribution in [-0.2, 0) is 27.3 Å². The van der Waals surface area contributed by atoms with Gasteiger partial charge in [0.1, 0.15) is 30.4 Å². The minimum atomic E-state index is -0.433. The van der Waals surface area contributed by atoms with Gasteiger partial charge in [-0.1, -0.05) is 54.6 Å². The third kappa shape index (κ3) is 6.49. The van der Waals surface area contributed by atoms with Crippen LogP contribution in [0.5, 0.6) is 0 Å². The third-order valence-electron chi connectivity index (χ3n) is 9.01. The average molecular weight is 684 g/mol. The average Bonchev–Trinajstić information content (AvgIpc) is 3.73. The predicted octanol–water partition coefficient (Wildman–Crippen LogP) is 2.12. The highest BCUT2D eigenvalue weighted by atomic mass is 127. The number of aryl methyl sites for hydroxylation is 1. The number of aliphatic hydroxyl groups is 1. The SMILES string of the molecule is C[N+]1(C)[C@@H]2CC(OC(=O)Nc3cc(CCCC(=O)Nc4ccc(CO)cc4)ccc3-c3ccccc3)C[C@H]1[C@@H]1O[C@@H]12.[I-]. The first-order valence-electron chi connectivity index (χ1n) is 14.5. The van der Waals surface area contributed by atoms with E-state index >= 15 is 0 Å². The number of quaternary nitrogens is 1. The minimum absolute atomic E-state index is 0. The molecule has 0 aromatic heterocycles. The first-order valence-corrected chi connectivity index (χ1v) is 14.5. The Hall–Kier alpha value is -2.99. The summed E-state index contributed by atoms with van der Waals surface area (Å²) >= 11 is 0. The number of benzene rings is 3. The summed E-state index contributed by atoms with van der Waals surface area (Å²) in [6.07, 6.45) is 3.43. The molecule has 6 rings (SSSR count). The number of rotatable bonds is 9. The van der Waals surface area contributed by atoms with E-state index in [0.717, 1.165) is 39.6 Å². The van der Waals surface area contributed by atoms with Crippen molar-refractivity contribution < 1.29 is 52.6 Å². The van der Waals surface area contributed by atoms with Gasteiger partial charge < -0.3 is 48.4 Å². The van der Waals surface area contributed by atoms with Crippen LogP contribution in [-0.4, -0.2) is 66.1 Å². The Morgan fingerprint density at radius 1 is 0.929 bits per heavy atom. The number of nitrogens with zero attached hydrogens (tertiary/aromatic N) is 1. The summed E-state index contributed by atoms with van der Waals surface area (Å²) in [5.74, 6) is -0.0594. The van der Waals surface area contributed by atoms with Crippen molar-refractivity contribution in [2.24, 2.45) is 0 Å². The highest BCUT2D eigenvalue weighted by Crippen LogP contribution is 2.51. The molecule has 42 heavy (non-hydrogen) atoms. The highest BCUT2D eigenvalue weighted by Gasteiger charge is 2.70. The summed E-state index contributed by atoms with van der Waals surface area (Å²) in [5.41, 5.74) is 5.18. The first kappa shape index (κ1) is 30.5. The van der Waals surface area contributed by atoms with Gasteiger partial charge in [-0.15, -0.1) is 0 Å². The molecule has 0 radical (unpaired) electrons. The molecule has 3 aromatic carbocycles. The van der Waals surface area contributed by atoms with Crippen LogP contribution in [0.25, 0.3) is 11.1 Å². The van der Waals surface area contributed by atoms with Crippen molar-refractivity contribution in [3.05, 3.63) is 83.9 Å². The van der Waals surface area contributed by atoms with Crippen LogP contribution >= 0.6 is 0 Å². The van der Waals surface area contributed by atoms with E-state index in [0.29, 0.717) is 54.9 Å². The standard InChI is InChI=1S/C33H37N3O5.HI/c1-36(2)28-18-25(19-29(36)32-31(28)41-32)40-33(39)35-27-17-21(13-16-26(27)23-8-4-3-5-9-23)7-6-10-30(38)34-24-14-11-22(20-37)12-15-24;/h3-5,8-9,11-17,25,28-29,31-32,37H,6-7,10,18-20H2,1-2H3,(H-,34,35,38,39);1H/t25?,28-,29+,31-,32+;. The lowest BCUT2D eigenvalue weighted by Crippen LogP contribution is -3.00. The zero-order valence-electron chi connectivity index (χ0n) is 24.0. The number of fused-ring (bicyclic) bond motifs is 5. The monoisotopic (exact) mass is 683 g/mol. The number of carbonyl (C=O) groups is 2. The Labute approximate surface area is 264 Å². The van der Waals surface area contributed by atoms with Gasteiger partial charge in [-0.05, 0) is 47.7 Å². The topological polar surface area (TPSA) is 100 Å². The number of morpholine rings is 1. The fraction of sp³-hybridized carbons (Fsp3) is 0.394. The van der Waals surface area contributed by atoms with Gasteiger partial charge in [-0.25, -0.2) is 4.79 Å². The molecule has 5 atom stereocenters. The summed E-state index contributed by atoms with van der Waals surface area (Å²) in [6, 6.07) is 23.9. The molecule has 2 amide bonds. The second-order valence-corrected chi connectivity index (χ2v) is 12.0. The lowest BCUT2D eigenvalue weighted by Gasteiger charge is -2.45. The molecule has 3 aromatic rings. The van der Waals surface area contributed by atoms with E-state index in [9.17, 15) is 14.7 Å². The molecule has 3 aliphatic rings. The molecule has 0 spiro atoms. The van der Waals surface area contributed by atoms with E-state index < -0.39 is 6.09 Å². The van der Waals surface area contributed by atoms with Gasteiger partial charge in [0.15, 0.2) is 0 Å². The number of halogens is 1. The van der Waals surface area contributed by atoms with Crippen molar-refractivity contribution in [1.29, 1.82) is 0 Å². The second-order valence-electron chi connectivity index (χ2n) is 12.0. The van der Waals surface area contributed by atoms with Gasteiger partial charge in [-0.3, -0.25) is 10.1 Å². The Balaban J connectivity index is 0.00000353. The summed E-state index contributed by atoms with van der Waals surface area (Å²) in [7, 11) is 4.52. The van der Waals surface area contributed by atoms with Crippen LogP contribution in [0.15, 0.2) is 72.8 Å². The number of nitrogens with one attached hydrogen (secondary N) is 2. The maximum Gasteiger partial charge on any atom is 0.411 e. The van der Waals surface area contributed by atoms with Gasteiger partial charge in [-0.2, -0.15) is 0 Å². The number of carbonyl (C=O) groups excluding carboxylic acids is 2. The van der Waals surface area contributed by atoms with Gasteiger partial charge in [0, 0.05) is 30.5 Å². The number of hydrogen-bond acceptors (Lipinski definition) is 5. The maximum atomic E-state index is 13.1. The molecule has 3 saturated heterocycles. The van der Waals surface area contributed by atoms with Crippen molar-refractivity contribution in [3.63, 3.8) is 0 Å². The van der Waals surface area contributed by atoms with Crippen molar-refractivity contribution in [2.45, 2.75) is 69.1 Å². The highest BCUT2D eigenvalue weighted by molar-refractivity contribution is 5.92. The van der Waals surface area contributed by atoms with Crippen LogP contribution < -0.4 is 34.6 Å². The fourth-order valence-electron chi connectivity index (χ4n) is 6.68. The van der Waals surface area contributed by atoms with Crippen LogP contribution in [0.4, 0.5) is 16.2 Å². The smallest absolute Gasteiger partial charge is 0.411 e. The number of epoxide rings is 1. The lowest BCUT2D eigenvalue weighted by molar-refractivity contribution is -0.938.